The summed E-state index contributed by atoms with van der Waals surface area (Å²) < 4.78 is 5.66. The molecule has 2 aliphatic rings. The summed E-state index contributed by atoms with van der Waals surface area (Å²) in [5.74, 6) is 1.39. The summed E-state index contributed by atoms with van der Waals surface area (Å²) >= 11 is 0. The SMILES string of the molecule is [CH2-]CN(CCCCCCCC(=O)OC1C=CC(CCCCC)=CC1)CCCCCCCC(O)C1CC1CCCCCCCCC.[Ho]. The van der Waals surface area contributed by atoms with E-state index in [9.17, 15) is 9.90 Å². The summed E-state index contributed by atoms with van der Waals surface area (Å²) in [6.45, 7) is 11.9. The first kappa shape index (κ1) is 44.2. The van der Waals surface area contributed by atoms with Gasteiger partial charge in [0.2, 0.25) is 0 Å². The molecule has 5 heteroatoms. The molecule has 2 aliphatic carbocycles. The maximum absolute atomic E-state index is 12.2. The fraction of sp³-hybridized carbons (Fsp3) is 0.854. The number of carbonyl (C=O) groups excluding carboxylic acids is 1. The van der Waals surface area contributed by atoms with Crippen LogP contribution in [0, 0.1) is 56.5 Å². The minimum atomic E-state index is -0.0707. The summed E-state index contributed by atoms with van der Waals surface area (Å²) in [6, 6.07) is 0. The van der Waals surface area contributed by atoms with Crippen LogP contribution in [0.4, 0.5) is 0 Å². The maximum Gasteiger partial charge on any atom is 0.306 e. The molecule has 0 heterocycles. The molecule has 1 saturated carbocycles. The Hall–Kier alpha value is 0.130. The first-order chi connectivity index (χ1) is 22.1. The van der Waals surface area contributed by atoms with E-state index in [-0.39, 0.29) is 55.9 Å². The molecule has 0 spiro atoms. The van der Waals surface area contributed by atoms with Crippen LogP contribution in [0.15, 0.2) is 23.8 Å². The molecule has 0 aromatic heterocycles. The second kappa shape index (κ2) is 30.0. The molecule has 1 N–H and O–H groups in total. The van der Waals surface area contributed by atoms with Gasteiger partial charge in [-0.05, 0) is 75.9 Å². The van der Waals surface area contributed by atoms with Gasteiger partial charge in [-0.15, -0.1) is 6.54 Å². The number of esters is 1. The molecule has 4 unspecified atom stereocenters. The predicted molar refractivity (Wildman–Crippen MR) is 193 cm³/mol. The Balaban J connectivity index is 0.0000106. The van der Waals surface area contributed by atoms with Gasteiger partial charge < -0.3 is 21.7 Å². The Kier molecular flexibility index (Phi) is 28.8. The van der Waals surface area contributed by atoms with Gasteiger partial charge in [-0.2, -0.15) is 0 Å². The van der Waals surface area contributed by atoms with Crippen LogP contribution < -0.4 is 0 Å². The molecule has 1 fully saturated rings. The number of hydrogen-bond acceptors (Lipinski definition) is 4. The van der Waals surface area contributed by atoms with Gasteiger partial charge in [0.05, 0.1) is 6.10 Å². The first-order valence-electron chi connectivity index (χ1n) is 19.8. The van der Waals surface area contributed by atoms with Crippen LogP contribution in [0.25, 0.3) is 0 Å². The Morgan fingerprint density at radius 2 is 1.43 bits per heavy atom. The number of rotatable bonds is 31. The Bertz CT molecular complexity index is 784. The number of unbranched alkanes of at least 4 members (excludes halogenated alkanes) is 16. The van der Waals surface area contributed by atoms with E-state index >= 15 is 0 Å². The molecule has 2 rings (SSSR count). The molecule has 4 nitrogen and oxygen atoms in total. The molecule has 0 aliphatic heterocycles. The number of aliphatic hydroxyl groups is 1. The summed E-state index contributed by atoms with van der Waals surface area (Å²) in [4.78, 5) is 14.7. The minimum absolute atomic E-state index is 0. The van der Waals surface area contributed by atoms with Crippen LogP contribution in [-0.2, 0) is 9.53 Å². The summed E-state index contributed by atoms with van der Waals surface area (Å²) in [7, 11) is 0. The average Bonchev–Trinajstić information content (AvgIpc) is 3.83. The molecule has 273 valence electrons. The van der Waals surface area contributed by atoms with Gasteiger partial charge in [-0.25, -0.2) is 0 Å². The normalized spacial score (nSPS) is 19.6. The van der Waals surface area contributed by atoms with Gasteiger partial charge in [-0.1, -0.05) is 141 Å². The Labute approximate surface area is 316 Å². The molecule has 0 saturated heterocycles. The van der Waals surface area contributed by atoms with Crippen LogP contribution in [0.3, 0.4) is 0 Å². The van der Waals surface area contributed by atoms with Crippen molar-refractivity contribution in [2.45, 2.75) is 193 Å². The van der Waals surface area contributed by atoms with Crippen molar-refractivity contribution < 1.29 is 52.4 Å². The Morgan fingerprint density at radius 1 is 0.848 bits per heavy atom. The zero-order chi connectivity index (χ0) is 32.4. The van der Waals surface area contributed by atoms with Crippen molar-refractivity contribution in [2.24, 2.45) is 11.8 Å². The van der Waals surface area contributed by atoms with E-state index in [1.165, 1.54) is 134 Å². The quantitative estimate of drug-likeness (QED) is 0.0329. The van der Waals surface area contributed by atoms with Crippen LogP contribution in [0.2, 0.25) is 0 Å². The van der Waals surface area contributed by atoms with Crippen molar-refractivity contribution in [3.05, 3.63) is 30.7 Å². The molecule has 1 radical (unpaired) electrons. The van der Waals surface area contributed by atoms with Gasteiger partial charge in [0.25, 0.3) is 0 Å². The third-order valence-corrected chi connectivity index (χ3v) is 10.3. The van der Waals surface area contributed by atoms with Crippen molar-refractivity contribution >= 4 is 5.97 Å². The van der Waals surface area contributed by atoms with E-state index in [1.54, 1.807) is 0 Å². The third-order valence-electron chi connectivity index (χ3n) is 10.3. The van der Waals surface area contributed by atoms with Gasteiger partial charge in [0, 0.05) is 50.6 Å². The zero-order valence-corrected chi connectivity index (χ0v) is 32.2. The largest absolute Gasteiger partial charge is 0.458 e. The monoisotopic (exact) mass is 793 g/mol. The van der Waals surface area contributed by atoms with Crippen molar-refractivity contribution in [3.8, 4) is 0 Å². The standard InChI is InChI=1S/C41H74NO3.Ho/c1-4-7-9-10-11-14-20-26-37-35-39(37)40(43)27-21-15-12-17-23-33-42(6-3)34-24-18-13-16-22-28-41(44)45-38-31-29-36(30-32-38)25-19-8-5-2;/h29-31,37-40,43H,3-28,32-35H2,1-2H3;/q-1;. The number of carbonyl (C=O) groups is 1. The zero-order valence-electron chi connectivity index (χ0n) is 30.3. The Morgan fingerprint density at radius 3 is 2.07 bits per heavy atom. The molecule has 0 aromatic rings. The molecular formula is C41H74HoNO3-. The second-order valence-corrected chi connectivity index (χ2v) is 14.4. The van der Waals surface area contributed by atoms with Gasteiger partial charge in [0.15, 0.2) is 0 Å². The van der Waals surface area contributed by atoms with Gasteiger partial charge >= 0.3 is 5.97 Å². The summed E-state index contributed by atoms with van der Waals surface area (Å²) in [6.07, 6.45) is 38.0. The third kappa shape index (κ3) is 22.7. The van der Waals surface area contributed by atoms with Gasteiger partial charge in [0.1, 0.15) is 6.10 Å². The number of ether oxygens (including phenoxy) is 1. The van der Waals surface area contributed by atoms with E-state index < -0.39 is 0 Å². The molecular weight excluding hydrogens is 719 g/mol. The predicted octanol–water partition coefficient (Wildman–Crippen LogP) is 11.3. The van der Waals surface area contributed by atoms with E-state index in [1.807, 2.05) is 0 Å². The fourth-order valence-corrected chi connectivity index (χ4v) is 7.07. The first-order valence-corrected chi connectivity index (χ1v) is 19.8. The van der Waals surface area contributed by atoms with Crippen LogP contribution in [-0.4, -0.2) is 47.8 Å². The number of hydrogen-bond donors (Lipinski definition) is 1. The van der Waals surface area contributed by atoms with Crippen molar-refractivity contribution in [1.82, 2.24) is 4.90 Å². The molecule has 0 aromatic carbocycles. The number of aliphatic hydroxyl groups excluding tert-OH is 1. The summed E-state index contributed by atoms with van der Waals surface area (Å²) in [5.41, 5.74) is 1.39. The van der Waals surface area contributed by atoms with Crippen LogP contribution in [0.5, 0.6) is 0 Å². The van der Waals surface area contributed by atoms with Crippen LogP contribution >= 0.6 is 0 Å². The smallest absolute Gasteiger partial charge is 0.306 e. The maximum atomic E-state index is 12.2. The molecule has 46 heavy (non-hydrogen) atoms. The summed E-state index contributed by atoms with van der Waals surface area (Å²) in [5, 5.41) is 10.6. The van der Waals surface area contributed by atoms with E-state index in [0.717, 1.165) is 57.7 Å². The van der Waals surface area contributed by atoms with Crippen LogP contribution in [0.1, 0.15) is 181 Å². The number of nitrogens with zero attached hydrogens (tertiary/aromatic N) is 1. The van der Waals surface area contributed by atoms with Crippen molar-refractivity contribution in [3.63, 3.8) is 0 Å². The topological polar surface area (TPSA) is 49.8 Å². The van der Waals surface area contributed by atoms with Gasteiger partial charge in [-0.3, -0.25) is 4.79 Å². The molecule has 4 atom stereocenters. The fourth-order valence-electron chi connectivity index (χ4n) is 7.07. The molecule has 0 amide bonds. The molecule has 0 bridgehead atoms. The van der Waals surface area contributed by atoms with E-state index in [4.69, 9.17) is 4.74 Å². The van der Waals surface area contributed by atoms with E-state index in [0.29, 0.717) is 12.3 Å². The number of allylic oxidation sites excluding steroid dienone is 2. The second-order valence-electron chi connectivity index (χ2n) is 14.4. The average molecular weight is 794 g/mol. The van der Waals surface area contributed by atoms with Crippen molar-refractivity contribution in [2.75, 3.05) is 19.6 Å². The van der Waals surface area contributed by atoms with E-state index in [2.05, 4.69) is 43.9 Å². The van der Waals surface area contributed by atoms with Crippen molar-refractivity contribution in [1.29, 1.82) is 0 Å². The minimum Gasteiger partial charge on any atom is -0.458 e.